The monoisotopic (exact) mass is 356 g/mol. The minimum Gasteiger partial charge on any atom is -0.379 e. The lowest BCUT2D eigenvalue weighted by Crippen LogP contribution is -2.13. The molecule has 0 saturated carbocycles. The summed E-state index contributed by atoms with van der Waals surface area (Å²) in [6, 6.07) is 10.5. The number of para-hydroxylation sites is 1. The summed E-state index contributed by atoms with van der Waals surface area (Å²) in [6.45, 7) is 0.395. The van der Waals surface area contributed by atoms with E-state index in [1.807, 2.05) is 37.2 Å². The minimum atomic E-state index is -0.228. The number of hydrogen-bond acceptors (Lipinski definition) is 2. The highest BCUT2D eigenvalue weighted by molar-refractivity contribution is 9.10. The van der Waals surface area contributed by atoms with E-state index in [1.54, 1.807) is 12.1 Å². The first-order valence-electron chi connectivity index (χ1n) is 6.12. The van der Waals surface area contributed by atoms with Crippen LogP contribution >= 0.6 is 27.5 Å². The first kappa shape index (κ1) is 15.1. The van der Waals surface area contributed by atoms with E-state index >= 15 is 0 Å². The predicted molar refractivity (Wildman–Crippen MR) is 87.2 cm³/mol. The molecule has 0 heterocycles. The molecule has 0 bridgehead atoms. The summed E-state index contributed by atoms with van der Waals surface area (Å²) in [6.07, 6.45) is 0. The highest BCUT2D eigenvalue weighted by Crippen LogP contribution is 2.32. The smallest absolute Gasteiger partial charge is 0.128 e. The molecule has 0 spiro atoms. The lowest BCUT2D eigenvalue weighted by Gasteiger charge is -2.20. The SMILES string of the molecule is CN(C)c1c(Cl)cccc1NCc1cc(Br)ccc1F. The number of benzene rings is 2. The van der Waals surface area contributed by atoms with E-state index in [0.29, 0.717) is 17.1 Å². The van der Waals surface area contributed by atoms with E-state index in [-0.39, 0.29) is 5.82 Å². The Balaban J connectivity index is 2.23. The summed E-state index contributed by atoms with van der Waals surface area (Å²) in [7, 11) is 3.85. The van der Waals surface area contributed by atoms with Gasteiger partial charge in [-0.25, -0.2) is 4.39 Å². The van der Waals surface area contributed by atoms with Crippen LogP contribution in [0.15, 0.2) is 40.9 Å². The normalized spacial score (nSPS) is 10.4. The molecule has 0 aliphatic heterocycles. The molecule has 5 heteroatoms. The van der Waals surface area contributed by atoms with E-state index in [9.17, 15) is 4.39 Å². The van der Waals surface area contributed by atoms with Gasteiger partial charge in [0.2, 0.25) is 0 Å². The van der Waals surface area contributed by atoms with Gasteiger partial charge in [-0.3, -0.25) is 0 Å². The standard InChI is InChI=1S/C15H15BrClFN2/c1-20(2)15-12(17)4-3-5-14(15)19-9-10-8-11(16)6-7-13(10)18/h3-8,19H,9H2,1-2H3. The molecular formula is C15H15BrClFN2. The summed E-state index contributed by atoms with van der Waals surface area (Å²) in [5, 5.41) is 3.89. The number of hydrogen-bond donors (Lipinski definition) is 1. The van der Waals surface area contributed by atoms with Gasteiger partial charge in [0.15, 0.2) is 0 Å². The lowest BCUT2D eigenvalue weighted by molar-refractivity contribution is 0.612. The van der Waals surface area contributed by atoms with Gasteiger partial charge in [-0.05, 0) is 30.3 Å². The number of nitrogens with one attached hydrogen (secondary N) is 1. The molecule has 0 unspecified atom stereocenters. The Morgan fingerprint density at radius 2 is 2.00 bits per heavy atom. The van der Waals surface area contributed by atoms with Gasteiger partial charge in [0.1, 0.15) is 5.82 Å². The molecule has 0 saturated heterocycles. The Labute approximate surface area is 131 Å². The van der Waals surface area contributed by atoms with Crippen LogP contribution in [-0.4, -0.2) is 14.1 Å². The van der Waals surface area contributed by atoms with Crippen LogP contribution in [0.1, 0.15) is 5.56 Å². The third-order valence-corrected chi connectivity index (χ3v) is 3.71. The fourth-order valence-corrected chi connectivity index (χ4v) is 2.73. The largest absolute Gasteiger partial charge is 0.379 e. The van der Waals surface area contributed by atoms with E-state index in [4.69, 9.17) is 11.6 Å². The zero-order valence-electron chi connectivity index (χ0n) is 11.3. The highest BCUT2D eigenvalue weighted by Gasteiger charge is 2.10. The molecule has 2 rings (SSSR count). The zero-order chi connectivity index (χ0) is 14.7. The van der Waals surface area contributed by atoms with Gasteiger partial charge >= 0.3 is 0 Å². The van der Waals surface area contributed by atoms with E-state index < -0.39 is 0 Å². The van der Waals surface area contributed by atoms with Crippen molar-refractivity contribution in [3.63, 3.8) is 0 Å². The number of rotatable bonds is 4. The summed E-state index contributed by atoms with van der Waals surface area (Å²) in [5.41, 5.74) is 2.37. The van der Waals surface area contributed by atoms with Crippen LogP contribution in [0.2, 0.25) is 5.02 Å². The first-order chi connectivity index (χ1) is 9.49. The predicted octanol–water partition coefficient (Wildman–Crippen LogP) is 4.92. The number of nitrogens with zero attached hydrogens (tertiary/aromatic N) is 1. The van der Waals surface area contributed by atoms with Crippen molar-refractivity contribution in [3.05, 3.63) is 57.3 Å². The quantitative estimate of drug-likeness (QED) is 0.835. The molecule has 2 aromatic carbocycles. The van der Waals surface area contributed by atoms with Crippen molar-refractivity contribution < 1.29 is 4.39 Å². The van der Waals surface area contributed by atoms with Crippen LogP contribution in [0.5, 0.6) is 0 Å². The maximum absolute atomic E-state index is 13.7. The summed E-state index contributed by atoms with van der Waals surface area (Å²) in [4.78, 5) is 1.93. The van der Waals surface area contributed by atoms with E-state index in [2.05, 4.69) is 21.2 Å². The molecule has 0 radical (unpaired) electrons. The number of anilines is 2. The van der Waals surface area contributed by atoms with E-state index in [0.717, 1.165) is 15.8 Å². The Bertz CT molecular complexity index is 617. The van der Waals surface area contributed by atoms with Crippen LogP contribution < -0.4 is 10.2 Å². The van der Waals surface area contributed by atoms with Gasteiger partial charge in [0.25, 0.3) is 0 Å². The van der Waals surface area contributed by atoms with Crippen LogP contribution in [0, 0.1) is 5.82 Å². The maximum atomic E-state index is 13.7. The van der Waals surface area contributed by atoms with Gasteiger partial charge in [0, 0.05) is 30.7 Å². The first-order valence-corrected chi connectivity index (χ1v) is 7.30. The second-order valence-corrected chi connectivity index (χ2v) is 5.94. The van der Waals surface area contributed by atoms with E-state index in [1.165, 1.54) is 6.07 Å². The van der Waals surface area contributed by atoms with Crippen molar-refractivity contribution in [2.24, 2.45) is 0 Å². The molecule has 0 atom stereocenters. The molecule has 0 fully saturated rings. The van der Waals surface area contributed by atoms with Crippen molar-refractivity contribution in [1.29, 1.82) is 0 Å². The Morgan fingerprint density at radius 3 is 2.70 bits per heavy atom. The second-order valence-electron chi connectivity index (χ2n) is 4.62. The third kappa shape index (κ3) is 3.44. The summed E-state index contributed by atoms with van der Waals surface area (Å²) in [5.74, 6) is -0.228. The molecule has 0 aliphatic carbocycles. The van der Waals surface area contributed by atoms with Crippen LogP contribution in [0.25, 0.3) is 0 Å². The van der Waals surface area contributed by atoms with Crippen molar-refractivity contribution in [3.8, 4) is 0 Å². The minimum absolute atomic E-state index is 0.228. The fourth-order valence-electron chi connectivity index (χ4n) is 1.98. The molecule has 2 nitrogen and oxygen atoms in total. The van der Waals surface area contributed by atoms with Gasteiger partial charge in [-0.1, -0.05) is 33.6 Å². The molecule has 0 aromatic heterocycles. The average molecular weight is 358 g/mol. The molecule has 20 heavy (non-hydrogen) atoms. The van der Waals surface area contributed by atoms with Crippen molar-refractivity contribution in [1.82, 2.24) is 0 Å². The van der Waals surface area contributed by atoms with Gasteiger partial charge in [-0.15, -0.1) is 0 Å². The second kappa shape index (κ2) is 6.46. The van der Waals surface area contributed by atoms with Gasteiger partial charge < -0.3 is 10.2 Å². The van der Waals surface area contributed by atoms with Gasteiger partial charge in [-0.2, -0.15) is 0 Å². The Hall–Kier alpha value is -1.26. The van der Waals surface area contributed by atoms with Crippen molar-refractivity contribution >= 4 is 38.9 Å². The van der Waals surface area contributed by atoms with Crippen LogP contribution in [-0.2, 0) is 6.54 Å². The topological polar surface area (TPSA) is 15.3 Å². The van der Waals surface area contributed by atoms with Crippen LogP contribution in [0.3, 0.4) is 0 Å². The highest BCUT2D eigenvalue weighted by atomic mass is 79.9. The maximum Gasteiger partial charge on any atom is 0.128 e. The van der Waals surface area contributed by atoms with Crippen molar-refractivity contribution in [2.45, 2.75) is 6.54 Å². The molecule has 0 amide bonds. The third-order valence-electron chi connectivity index (χ3n) is 2.91. The lowest BCUT2D eigenvalue weighted by atomic mass is 10.2. The van der Waals surface area contributed by atoms with Crippen LogP contribution in [0.4, 0.5) is 15.8 Å². The fraction of sp³-hybridized carbons (Fsp3) is 0.200. The summed E-state index contributed by atoms with van der Waals surface area (Å²) >= 11 is 9.55. The molecule has 1 N–H and O–H groups in total. The van der Waals surface area contributed by atoms with Gasteiger partial charge in [0.05, 0.1) is 16.4 Å². The average Bonchev–Trinajstić information content (AvgIpc) is 2.39. The molecule has 2 aromatic rings. The number of halogens is 3. The Kier molecular flexibility index (Phi) is 4.89. The Morgan fingerprint density at radius 1 is 1.25 bits per heavy atom. The molecule has 0 aliphatic rings. The molecular weight excluding hydrogens is 343 g/mol. The molecule has 106 valence electrons. The zero-order valence-corrected chi connectivity index (χ0v) is 13.6. The van der Waals surface area contributed by atoms with Crippen molar-refractivity contribution in [2.75, 3.05) is 24.3 Å². The summed E-state index contributed by atoms with van der Waals surface area (Å²) < 4.78 is 14.6.